The lowest BCUT2D eigenvalue weighted by Crippen LogP contribution is -2.14. The van der Waals surface area contributed by atoms with E-state index in [1.165, 1.54) is 23.1 Å². The standard InChI is InChI=1S/C14H11N5OS2/c20-11(9-21-13-15-7-4-8-16-13)17-14-19-18-12(22-14)10-5-2-1-3-6-10/h1-8H,9H2,(H,17,19,20). The highest BCUT2D eigenvalue weighted by molar-refractivity contribution is 7.99. The van der Waals surface area contributed by atoms with Crippen LogP contribution in [0.5, 0.6) is 0 Å². The molecule has 0 aliphatic carbocycles. The Labute approximate surface area is 135 Å². The van der Waals surface area contributed by atoms with Crippen LogP contribution >= 0.6 is 23.1 Å². The van der Waals surface area contributed by atoms with Gasteiger partial charge < -0.3 is 0 Å². The van der Waals surface area contributed by atoms with Crippen LogP contribution in [0.1, 0.15) is 0 Å². The quantitative estimate of drug-likeness (QED) is 0.572. The number of anilines is 1. The van der Waals surface area contributed by atoms with Gasteiger partial charge in [-0.15, -0.1) is 10.2 Å². The number of hydrogen-bond donors (Lipinski definition) is 1. The van der Waals surface area contributed by atoms with Crippen LogP contribution in [0.3, 0.4) is 0 Å². The fourth-order valence-electron chi connectivity index (χ4n) is 1.62. The van der Waals surface area contributed by atoms with Crippen molar-refractivity contribution in [3.05, 3.63) is 48.8 Å². The van der Waals surface area contributed by atoms with Crippen LogP contribution in [-0.2, 0) is 4.79 Å². The van der Waals surface area contributed by atoms with Crippen molar-refractivity contribution in [3.8, 4) is 10.6 Å². The number of carbonyl (C=O) groups is 1. The molecule has 0 aliphatic rings. The second-order valence-corrected chi connectivity index (χ2v) is 6.07. The molecule has 3 rings (SSSR count). The predicted molar refractivity (Wildman–Crippen MR) is 86.7 cm³/mol. The number of carbonyl (C=O) groups excluding carboxylic acids is 1. The van der Waals surface area contributed by atoms with E-state index in [1.54, 1.807) is 18.5 Å². The minimum Gasteiger partial charge on any atom is -0.300 e. The second kappa shape index (κ2) is 7.10. The van der Waals surface area contributed by atoms with Crippen molar-refractivity contribution < 1.29 is 4.79 Å². The summed E-state index contributed by atoms with van der Waals surface area (Å²) in [5.41, 5.74) is 0.979. The van der Waals surface area contributed by atoms with Gasteiger partial charge in [-0.2, -0.15) is 0 Å². The lowest BCUT2D eigenvalue weighted by molar-refractivity contribution is -0.113. The van der Waals surface area contributed by atoms with Gasteiger partial charge in [-0.3, -0.25) is 10.1 Å². The number of hydrogen-bond acceptors (Lipinski definition) is 7. The summed E-state index contributed by atoms with van der Waals surface area (Å²) in [7, 11) is 0. The Hall–Kier alpha value is -2.32. The number of aromatic nitrogens is 4. The summed E-state index contributed by atoms with van der Waals surface area (Å²) < 4.78 is 0. The Morgan fingerprint density at radius 3 is 2.64 bits per heavy atom. The van der Waals surface area contributed by atoms with Crippen molar-refractivity contribution in [1.82, 2.24) is 20.2 Å². The summed E-state index contributed by atoms with van der Waals surface area (Å²) >= 11 is 2.61. The van der Waals surface area contributed by atoms with Crippen LogP contribution in [0, 0.1) is 0 Å². The highest BCUT2D eigenvalue weighted by Gasteiger charge is 2.10. The number of nitrogens with one attached hydrogen (secondary N) is 1. The van der Waals surface area contributed by atoms with Gasteiger partial charge in [0, 0.05) is 18.0 Å². The first-order valence-corrected chi connectivity index (χ1v) is 8.20. The van der Waals surface area contributed by atoms with Gasteiger partial charge in [0.1, 0.15) is 5.01 Å². The Morgan fingerprint density at radius 1 is 1.09 bits per heavy atom. The molecule has 0 aliphatic heterocycles. The monoisotopic (exact) mass is 329 g/mol. The van der Waals surface area contributed by atoms with Gasteiger partial charge in [-0.1, -0.05) is 53.4 Å². The third-order valence-corrected chi connectivity index (χ3v) is 4.33. The van der Waals surface area contributed by atoms with Crippen LogP contribution in [-0.4, -0.2) is 31.8 Å². The summed E-state index contributed by atoms with van der Waals surface area (Å²) in [6.07, 6.45) is 3.29. The maximum atomic E-state index is 11.9. The minimum atomic E-state index is -0.159. The zero-order chi connectivity index (χ0) is 15.2. The third kappa shape index (κ3) is 3.86. The molecule has 0 atom stereocenters. The first-order valence-electron chi connectivity index (χ1n) is 6.40. The molecule has 6 nitrogen and oxygen atoms in total. The van der Waals surface area contributed by atoms with E-state index in [4.69, 9.17) is 0 Å². The average Bonchev–Trinajstić information content (AvgIpc) is 3.03. The molecule has 110 valence electrons. The number of rotatable bonds is 5. The van der Waals surface area contributed by atoms with Crippen molar-refractivity contribution in [2.45, 2.75) is 5.16 Å². The van der Waals surface area contributed by atoms with E-state index in [0.717, 1.165) is 10.6 Å². The molecule has 0 saturated heterocycles. The fourth-order valence-corrected chi connectivity index (χ4v) is 2.98. The Kier molecular flexibility index (Phi) is 4.71. The molecular formula is C14H11N5OS2. The van der Waals surface area contributed by atoms with Crippen molar-refractivity contribution >= 4 is 34.1 Å². The Morgan fingerprint density at radius 2 is 1.86 bits per heavy atom. The molecular weight excluding hydrogens is 318 g/mol. The van der Waals surface area contributed by atoms with Crippen LogP contribution in [0.25, 0.3) is 10.6 Å². The van der Waals surface area contributed by atoms with E-state index in [1.807, 2.05) is 30.3 Å². The molecule has 22 heavy (non-hydrogen) atoms. The van der Waals surface area contributed by atoms with Gasteiger partial charge in [0.2, 0.25) is 11.0 Å². The fraction of sp³-hybridized carbons (Fsp3) is 0.0714. The first kappa shape index (κ1) is 14.6. The molecule has 0 radical (unpaired) electrons. The van der Waals surface area contributed by atoms with Crippen molar-refractivity contribution in [2.75, 3.05) is 11.1 Å². The van der Waals surface area contributed by atoms with Crippen LogP contribution in [0.2, 0.25) is 0 Å². The van der Waals surface area contributed by atoms with Gasteiger partial charge in [-0.05, 0) is 6.07 Å². The van der Waals surface area contributed by atoms with E-state index in [9.17, 15) is 4.79 Å². The molecule has 2 heterocycles. The number of amides is 1. The number of nitrogens with zero attached hydrogens (tertiary/aromatic N) is 4. The SMILES string of the molecule is O=C(CSc1ncccn1)Nc1nnc(-c2ccccc2)s1. The average molecular weight is 329 g/mol. The van der Waals surface area contributed by atoms with Gasteiger partial charge in [0.25, 0.3) is 0 Å². The molecule has 8 heteroatoms. The maximum absolute atomic E-state index is 11.9. The second-order valence-electron chi connectivity index (χ2n) is 4.15. The van der Waals surface area contributed by atoms with Gasteiger partial charge in [-0.25, -0.2) is 9.97 Å². The predicted octanol–water partition coefficient (Wildman–Crippen LogP) is 2.73. The van der Waals surface area contributed by atoms with E-state index < -0.39 is 0 Å². The largest absolute Gasteiger partial charge is 0.300 e. The number of benzene rings is 1. The summed E-state index contributed by atoms with van der Waals surface area (Å²) in [4.78, 5) is 20.0. The van der Waals surface area contributed by atoms with E-state index in [-0.39, 0.29) is 11.7 Å². The molecule has 0 fully saturated rings. The summed E-state index contributed by atoms with van der Waals surface area (Å²) in [6.45, 7) is 0. The highest BCUT2D eigenvalue weighted by atomic mass is 32.2. The first-order chi connectivity index (χ1) is 10.8. The minimum absolute atomic E-state index is 0.159. The van der Waals surface area contributed by atoms with Gasteiger partial charge >= 0.3 is 0 Å². The molecule has 1 amide bonds. The zero-order valence-electron chi connectivity index (χ0n) is 11.3. The van der Waals surface area contributed by atoms with Gasteiger partial charge in [0.15, 0.2) is 5.16 Å². The maximum Gasteiger partial charge on any atom is 0.236 e. The van der Waals surface area contributed by atoms with E-state index in [0.29, 0.717) is 10.3 Å². The Bertz CT molecular complexity index is 748. The highest BCUT2D eigenvalue weighted by Crippen LogP contribution is 2.26. The molecule has 0 bridgehead atoms. The molecule has 1 N–H and O–H groups in total. The molecule has 3 aromatic rings. The normalized spacial score (nSPS) is 10.4. The number of thioether (sulfide) groups is 1. The molecule has 0 saturated carbocycles. The molecule has 1 aromatic carbocycles. The van der Waals surface area contributed by atoms with E-state index in [2.05, 4.69) is 25.5 Å². The van der Waals surface area contributed by atoms with Crippen LogP contribution < -0.4 is 5.32 Å². The van der Waals surface area contributed by atoms with Crippen molar-refractivity contribution in [1.29, 1.82) is 0 Å². The summed E-state index contributed by atoms with van der Waals surface area (Å²) in [5, 5.41) is 12.6. The summed E-state index contributed by atoms with van der Waals surface area (Å²) in [5.74, 6) is 0.0674. The molecule has 0 unspecified atom stereocenters. The van der Waals surface area contributed by atoms with Crippen LogP contribution in [0.4, 0.5) is 5.13 Å². The molecule has 2 aromatic heterocycles. The zero-order valence-corrected chi connectivity index (χ0v) is 13.0. The van der Waals surface area contributed by atoms with Crippen LogP contribution in [0.15, 0.2) is 53.9 Å². The van der Waals surface area contributed by atoms with Crippen molar-refractivity contribution in [3.63, 3.8) is 0 Å². The van der Waals surface area contributed by atoms with E-state index >= 15 is 0 Å². The van der Waals surface area contributed by atoms with Gasteiger partial charge in [0.05, 0.1) is 5.75 Å². The third-order valence-electron chi connectivity index (χ3n) is 2.57. The molecule has 0 spiro atoms. The summed E-state index contributed by atoms with van der Waals surface area (Å²) in [6, 6.07) is 11.5. The van der Waals surface area contributed by atoms with Crippen molar-refractivity contribution in [2.24, 2.45) is 0 Å². The lowest BCUT2D eigenvalue weighted by atomic mass is 10.2. The lowest BCUT2D eigenvalue weighted by Gasteiger charge is -1.99. The smallest absolute Gasteiger partial charge is 0.236 e. The topological polar surface area (TPSA) is 80.7 Å². The Balaban J connectivity index is 1.57.